The molecule has 0 spiro atoms. The van der Waals surface area contributed by atoms with E-state index in [9.17, 15) is 0 Å². The minimum Gasteiger partial charge on any atom is -0.390 e. The zero-order valence-corrected chi connectivity index (χ0v) is 9.35. The van der Waals surface area contributed by atoms with Crippen LogP contribution in [-0.4, -0.2) is 15.1 Å². The van der Waals surface area contributed by atoms with E-state index < -0.39 is 0 Å². The second kappa shape index (κ2) is 5.05. The normalized spacial score (nSPS) is 10.4. The Morgan fingerprint density at radius 2 is 1.88 bits per heavy atom. The first-order chi connectivity index (χ1) is 7.78. The van der Waals surface area contributed by atoms with E-state index in [0.717, 1.165) is 5.56 Å². The molecule has 0 saturated heterocycles. The van der Waals surface area contributed by atoms with E-state index >= 15 is 0 Å². The van der Waals surface area contributed by atoms with Gasteiger partial charge in [0.15, 0.2) is 0 Å². The second-order valence-corrected chi connectivity index (χ2v) is 3.86. The van der Waals surface area contributed by atoms with Crippen LogP contribution in [0.1, 0.15) is 17.1 Å². The number of hydrogen-bond acceptors (Lipinski definition) is 3. The van der Waals surface area contributed by atoms with Crippen LogP contribution >= 0.6 is 11.6 Å². The van der Waals surface area contributed by atoms with E-state index in [1.54, 1.807) is 12.3 Å². The lowest BCUT2D eigenvalue weighted by molar-refractivity contribution is 0.276. The molecule has 3 nitrogen and oxygen atoms in total. The second-order valence-electron chi connectivity index (χ2n) is 3.43. The SMILES string of the molecule is OCc1ccnc(Cc2ccc(Cl)cc2)n1. The van der Waals surface area contributed by atoms with Gasteiger partial charge in [-0.2, -0.15) is 0 Å². The van der Waals surface area contributed by atoms with Gasteiger partial charge in [-0.15, -0.1) is 0 Å². The van der Waals surface area contributed by atoms with Crippen molar-refractivity contribution in [3.63, 3.8) is 0 Å². The van der Waals surface area contributed by atoms with Crippen LogP contribution in [0.3, 0.4) is 0 Å². The third-order valence-corrected chi connectivity index (χ3v) is 2.45. The topological polar surface area (TPSA) is 46.0 Å². The fourth-order valence-corrected chi connectivity index (χ4v) is 1.53. The van der Waals surface area contributed by atoms with Crippen LogP contribution < -0.4 is 0 Å². The summed E-state index contributed by atoms with van der Waals surface area (Å²) >= 11 is 5.80. The van der Waals surface area contributed by atoms with Crippen LogP contribution in [0.15, 0.2) is 36.5 Å². The highest BCUT2D eigenvalue weighted by Crippen LogP contribution is 2.11. The van der Waals surface area contributed by atoms with E-state index in [0.29, 0.717) is 23.0 Å². The highest BCUT2D eigenvalue weighted by Gasteiger charge is 2.00. The zero-order chi connectivity index (χ0) is 11.4. The summed E-state index contributed by atoms with van der Waals surface area (Å²) in [4.78, 5) is 8.36. The van der Waals surface area contributed by atoms with Crippen molar-refractivity contribution in [1.82, 2.24) is 9.97 Å². The van der Waals surface area contributed by atoms with Crippen molar-refractivity contribution < 1.29 is 5.11 Å². The van der Waals surface area contributed by atoms with Crippen LogP contribution in [0.25, 0.3) is 0 Å². The van der Waals surface area contributed by atoms with Crippen molar-refractivity contribution in [3.05, 3.63) is 58.6 Å². The first-order valence-corrected chi connectivity index (χ1v) is 5.32. The van der Waals surface area contributed by atoms with Gasteiger partial charge in [-0.1, -0.05) is 23.7 Å². The van der Waals surface area contributed by atoms with Gasteiger partial charge in [-0.05, 0) is 23.8 Å². The molecule has 1 aromatic heterocycles. The quantitative estimate of drug-likeness (QED) is 0.886. The summed E-state index contributed by atoms with van der Waals surface area (Å²) in [5, 5.41) is 9.67. The number of nitrogens with zero attached hydrogens (tertiary/aromatic N) is 2. The Hall–Kier alpha value is -1.45. The van der Waals surface area contributed by atoms with Crippen molar-refractivity contribution in [2.75, 3.05) is 0 Å². The van der Waals surface area contributed by atoms with Crippen molar-refractivity contribution >= 4 is 11.6 Å². The Kier molecular flexibility index (Phi) is 3.49. The summed E-state index contributed by atoms with van der Waals surface area (Å²) in [6, 6.07) is 9.26. The van der Waals surface area contributed by atoms with Gasteiger partial charge >= 0.3 is 0 Å². The molecular formula is C12H11ClN2O. The fraction of sp³-hybridized carbons (Fsp3) is 0.167. The molecule has 0 amide bonds. The summed E-state index contributed by atoms with van der Waals surface area (Å²) in [6.45, 7) is -0.0594. The highest BCUT2D eigenvalue weighted by atomic mass is 35.5. The number of benzene rings is 1. The maximum atomic E-state index is 8.96. The molecule has 1 aromatic carbocycles. The van der Waals surface area contributed by atoms with E-state index in [2.05, 4.69) is 9.97 Å². The molecule has 1 heterocycles. The van der Waals surface area contributed by atoms with Gasteiger partial charge in [-0.3, -0.25) is 0 Å². The van der Waals surface area contributed by atoms with E-state index in [1.165, 1.54) is 0 Å². The van der Waals surface area contributed by atoms with Gasteiger partial charge < -0.3 is 5.11 Å². The average molecular weight is 235 g/mol. The van der Waals surface area contributed by atoms with Gasteiger partial charge in [0.1, 0.15) is 5.82 Å². The molecule has 1 N–H and O–H groups in total. The third kappa shape index (κ3) is 2.78. The molecule has 16 heavy (non-hydrogen) atoms. The summed E-state index contributed by atoms with van der Waals surface area (Å²) < 4.78 is 0. The smallest absolute Gasteiger partial charge is 0.132 e. The van der Waals surface area contributed by atoms with Crippen molar-refractivity contribution in [2.45, 2.75) is 13.0 Å². The standard InChI is InChI=1S/C12H11ClN2O/c13-10-3-1-9(2-4-10)7-12-14-6-5-11(8-16)15-12/h1-6,16H,7-8H2. The Morgan fingerprint density at radius 1 is 1.12 bits per heavy atom. The zero-order valence-electron chi connectivity index (χ0n) is 8.60. The number of aliphatic hydroxyl groups excluding tert-OH is 1. The molecule has 0 radical (unpaired) electrons. The molecule has 0 unspecified atom stereocenters. The van der Waals surface area contributed by atoms with Crippen LogP contribution in [0, 0.1) is 0 Å². The maximum Gasteiger partial charge on any atom is 0.132 e. The molecule has 82 valence electrons. The maximum absolute atomic E-state index is 8.96. The number of aromatic nitrogens is 2. The van der Waals surface area contributed by atoms with Crippen LogP contribution in [0.5, 0.6) is 0 Å². The van der Waals surface area contributed by atoms with Crippen molar-refractivity contribution in [3.8, 4) is 0 Å². The third-order valence-electron chi connectivity index (χ3n) is 2.20. The monoisotopic (exact) mass is 234 g/mol. The predicted octanol–water partition coefficient (Wildman–Crippen LogP) is 2.21. The van der Waals surface area contributed by atoms with E-state index in [-0.39, 0.29) is 6.61 Å². The molecule has 0 fully saturated rings. The summed E-state index contributed by atoms with van der Waals surface area (Å²) in [7, 11) is 0. The molecule has 0 aliphatic heterocycles. The van der Waals surface area contributed by atoms with Gasteiger partial charge in [0.2, 0.25) is 0 Å². The van der Waals surface area contributed by atoms with Crippen LogP contribution in [-0.2, 0) is 13.0 Å². The van der Waals surface area contributed by atoms with Crippen LogP contribution in [0.4, 0.5) is 0 Å². The number of hydrogen-bond donors (Lipinski definition) is 1. The molecule has 2 rings (SSSR count). The molecule has 4 heteroatoms. The summed E-state index contributed by atoms with van der Waals surface area (Å²) in [5.74, 6) is 0.703. The van der Waals surface area contributed by atoms with Crippen molar-refractivity contribution in [1.29, 1.82) is 0 Å². The van der Waals surface area contributed by atoms with E-state index in [1.807, 2.05) is 24.3 Å². The molecule has 0 aliphatic carbocycles. The summed E-state index contributed by atoms with van der Waals surface area (Å²) in [5.41, 5.74) is 1.73. The Morgan fingerprint density at radius 3 is 2.56 bits per heavy atom. The van der Waals surface area contributed by atoms with Gasteiger partial charge in [0.05, 0.1) is 12.3 Å². The van der Waals surface area contributed by atoms with Gasteiger partial charge in [-0.25, -0.2) is 9.97 Å². The van der Waals surface area contributed by atoms with Crippen molar-refractivity contribution in [2.24, 2.45) is 0 Å². The number of aliphatic hydroxyl groups is 1. The Balaban J connectivity index is 2.16. The number of rotatable bonds is 3. The predicted molar refractivity (Wildman–Crippen MR) is 62.2 cm³/mol. The molecule has 0 saturated carbocycles. The van der Waals surface area contributed by atoms with E-state index in [4.69, 9.17) is 16.7 Å². The molecular weight excluding hydrogens is 224 g/mol. The Labute approximate surface area is 98.8 Å². The minimum absolute atomic E-state index is 0.0594. The first-order valence-electron chi connectivity index (χ1n) is 4.94. The van der Waals surface area contributed by atoms with Crippen LogP contribution in [0.2, 0.25) is 5.02 Å². The lowest BCUT2D eigenvalue weighted by Crippen LogP contribution is -1.99. The Bertz CT molecular complexity index is 471. The lowest BCUT2D eigenvalue weighted by Gasteiger charge is -2.02. The lowest BCUT2D eigenvalue weighted by atomic mass is 10.1. The van der Waals surface area contributed by atoms with Gasteiger partial charge in [0, 0.05) is 17.6 Å². The fourth-order valence-electron chi connectivity index (χ4n) is 1.40. The molecule has 2 aromatic rings. The largest absolute Gasteiger partial charge is 0.390 e. The molecule has 0 aliphatic rings. The first kappa shape index (κ1) is 11.0. The van der Waals surface area contributed by atoms with Gasteiger partial charge in [0.25, 0.3) is 0 Å². The molecule has 0 atom stereocenters. The average Bonchev–Trinajstić information content (AvgIpc) is 2.32. The number of halogens is 1. The highest BCUT2D eigenvalue weighted by molar-refractivity contribution is 6.30. The minimum atomic E-state index is -0.0594. The summed E-state index contributed by atoms with van der Waals surface area (Å²) in [6.07, 6.45) is 2.30. The molecule has 0 bridgehead atoms.